The summed E-state index contributed by atoms with van der Waals surface area (Å²) in [6, 6.07) is 12.4. The summed E-state index contributed by atoms with van der Waals surface area (Å²) in [6.45, 7) is 4.25. The van der Waals surface area contributed by atoms with Crippen LogP contribution < -0.4 is 10.1 Å². The third-order valence-corrected chi connectivity index (χ3v) is 6.33. The largest absolute Gasteiger partial charge is 0.426 e. The number of carbonyl (C=O) groups excluding carboxylic acids is 1. The van der Waals surface area contributed by atoms with Gasteiger partial charge in [0.2, 0.25) is 0 Å². The molecule has 0 radical (unpaired) electrons. The minimum atomic E-state index is -0.171. The number of hydrogen-bond acceptors (Lipinski definition) is 4. The number of benzene rings is 1. The summed E-state index contributed by atoms with van der Waals surface area (Å²) in [5.41, 5.74) is 3.77. The van der Waals surface area contributed by atoms with Crippen molar-refractivity contribution in [1.82, 2.24) is 9.38 Å². The number of hydrogen-bond donors (Lipinski definition) is 1. The zero-order chi connectivity index (χ0) is 22.3. The lowest BCUT2D eigenvalue weighted by Gasteiger charge is -2.24. The predicted molar refractivity (Wildman–Crippen MR) is 130 cm³/mol. The van der Waals surface area contributed by atoms with E-state index in [1.807, 2.05) is 24.3 Å². The molecule has 1 N–H and O–H groups in total. The molecule has 32 heavy (non-hydrogen) atoms. The molecule has 3 aromatic rings. The number of pyridine rings is 1. The topological polar surface area (TPSA) is 55.6 Å². The Hall–Kier alpha value is -2.82. The quantitative estimate of drug-likeness (QED) is 0.226. The highest BCUT2D eigenvalue weighted by molar-refractivity contribution is 5.83. The molecule has 5 nitrogen and oxygen atoms in total. The highest BCUT2D eigenvalue weighted by Crippen LogP contribution is 2.37. The summed E-state index contributed by atoms with van der Waals surface area (Å²) in [5.74, 6) is 1.40. The monoisotopic (exact) mass is 433 g/mol. The lowest BCUT2D eigenvalue weighted by Crippen LogP contribution is -2.23. The standard InChI is InChI=1S/C27H35N3O2/c1-3-4-5-9-16-25(31)32-23-15-11-10-14-22(23)26-27(28-21-12-7-6-8-13-21)30-18-17-20(2)19-24(30)29-26/h10-11,14-15,17-19,21,28H,3-9,12-13,16H2,1-2H3. The molecular formula is C27H35N3O2. The van der Waals surface area contributed by atoms with Crippen molar-refractivity contribution in [2.45, 2.75) is 84.1 Å². The zero-order valence-corrected chi connectivity index (χ0v) is 19.4. The first-order valence-electron chi connectivity index (χ1n) is 12.2. The highest BCUT2D eigenvalue weighted by atomic mass is 16.5. The minimum absolute atomic E-state index is 0.171. The molecule has 5 heteroatoms. The number of anilines is 1. The molecule has 2 aromatic heterocycles. The van der Waals surface area contributed by atoms with Crippen molar-refractivity contribution in [3.05, 3.63) is 48.2 Å². The minimum Gasteiger partial charge on any atom is -0.426 e. The van der Waals surface area contributed by atoms with E-state index in [0.29, 0.717) is 18.2 Å². The van der Waals surface area contributed by atoms with E-state index in [9.17, 15) is 4.79 Å². The highest BCUT2D eigenvalue weighted by Gasteiger charge is 2.22. The van der Waals surface area contributed by atoms with Crippen LogP contribution in [0.15, 0.2) is 42.6 Å². The van der Waals surface area contributed by atoms with Gasteiger partial charge in [0.15, 0.2) is 0 Å². The van der Waals surface area contributed by atoms with Gasteiger partial charge in [-0.05, 0) is 56.0 Å². The van der Waals surface area contributed by atoms with Crippen LogP contribution in [0, 0.1) is 6.92 Å². The molecule has 0 unspecified atom stereocenters. The Kier molecular flexibility index (Phi) is 7.46. The van der Waals surface area contributed by atoms with E-state index in [0.717, 1.165) is 48.4 Å². The SMILES string of the molecule is CCCCCCC(=O)Oc1ccccc1-c1nc2cc(C)ccn2c1NC1CCCCC1. The van der Waals surface area contributed by atoms with Gasteiger partial charge in [0, 0.05) is 24.2 Å². The number of nitrogens with one attached hydrogen (secondary N) is 1. The molecular weight excluding hydrogens is 398 g/mol. The molecule has 1 aliphatic rings. The Morgan fingerprint density at radius 1 is 1.12 bits per heavy atom. The number of rotatable bonds is 9. The summed E-state index contributed by atoms with van der Waals surface area (Å²) in [5, 5.41) is 3.78. The molecule has 0 bridgehead atoms. The number of carbonyl (C=O) groups is 1. The lowest BCUT2D eigenvalue weighted by atomic mass is 9.95. The molecule has 1 aromatic carbocycles. The Labute approximate surface area is 191 Å². The van der Waals surface area contributed by atoms with Crippen LogP contribution in [0.4, 0.5) is 5.82 Å². The average molecular weight is 434 g/mol. The summed E-state index contributed by atoms with van der Waals surface area (Å²) >= 11 is 0. The van der Waals surface area contributed by atoms with Crippen molar-refractivity contribution < 1.29 is 9.53 Å². The van der Waals surface area contributed by atoms with Crippen LogP contribution in [0.25, 0.3) is 16.9 Å². The number of unbranched alkanes of at least 4 members (excludes halogenated alkanes) is 3. The summed E-state index contributed by atoms with van der Waals surface area (Å²) in [6.07, 6.45) is 13.0. The van der Waals surface area contributed by atoms with Gasteiger partial charge >= 0.3 is 5.97 Å². The molecule has 1 aliphatic carbocycles. The maximum Gasteiger partial charge on any atom is 0.311 e. The van der Waals surface area contributed by atoms with Crippen molar-refractivity contribution in [2.75, 3.05) is 5.32 Å². The van der Waals surface area contributed by atoms with E-state index in [-0.39, 0.29) is 5.97 Å². The van der Waals surface area contributed by atoms with Crippen LogP contribution in [-0.4, -0.2) is 21.4 Å². The van der Waals surface area contributed by atoms with E-state index >= 15 is 0 Å². The number of aromatic nitrogens is 2. The Balaban J connectivity index is 1.65. The average Bonchev–Trinajstić information content (AvgIpc) is 3.15. The second-order valence-electron chi connectivity index (χ2n) is 9.00. The van der Waals surface area contributed by atoms with E-state index < -0.39 is 0 Å². The van der Waals surface area contributed by atoms with Gasteiger partial charge in [-0.1, -0.05) is 57.6 Å². The van der Waals surface area contributed by atoms with Crippen molar-refractivity contribution >= 4 is 17.4 Å². The molecule has 0 aliphatic heterocycles. The van der Waals surface area contributed by atoms with Crippen LogP contribution in [-0.2, 0) is 4.79 Å². The van der Waals surface area contributed by atoms with E-state index in [1.54, 1.807) is 0 Å². The first kappa shape index (κ1) is 22.4. The number of ether oxygens (including phenoxy) is 1. The van der Waals surface area contributed by atoms with Gasteiger partial charge in [-0.2, -0.15) is 0 Å². The van der Waals surface area contributed by atoms with Gasteiger partial charge in [0.05, 0.1) is 0 Å². The number of aryl methyl sites for hydroxylation is 1. The molecule has 0 saturated heterocycles. The first-order valence-corrected chi connectivity index (χ1v) is 12.2. The third-order valence-electron chi connectivity index (χ3n) is 6.33. The van der Waals surface area contributed by atoms with Gasteiger partial charge in [0.25, 0.3) is 0 Å². The van der Waals surface area contributed by atoms with Crippen LogP contribution >= 0.6 is 0 Å². The number of para-hydroxylation sites is 1. The van der Waals surface area contributed by atoms with Crippen LogP contribution in [0.2, 0.25) is 0 Å². The normalized spacial score (nSPS) is 14.6. The van der Waals surface area contributed by atoms with Gasteiger partial charge in [-0.15, -0.1) is 0 Å². The summed E-state index contributed by atoms with van der Waals surface area (Å²) in [7, 11) is 0. The second-order valence-corrected chi connectivity index (χ2v) is 9.00. The molecule has 1 fully saturated rings. The van der Waals surface area contributed by atoms with Crippen LogP contribution in [0.1, 0.15) is 76.7 Å². The van der Waals surface area contributed by atoms with Crippen molar-refractivity contribution in [1.29, 1.82) is 0 Å². The molecule has 0 spiro atoms. The Morgan fingerprint density at radius 3 is 2.75 bits per heavy atom. The van der Waals surface area contributed by atoms with E-state index in [1.165, 1.54) is 37.7 Å². The second kappa shape index (κ2) is 10.7. The van der Waals surface area contributed by atoms with Gasteiger partial charge in [-0.25, -0.2) is 4.98 Å². The summed E-state index contributed by atoms with van der Waals surface area (Å²) < 4.78 is 7.95. The maximum atomic E-state index is 12.5. The Morgan fingerprint density at radius 2 is 1.94 bits per heavy atom. The number of imidazole rings is 1. The zero-order valence-electron chi connectivity index (χ0n) is 19.4. The fourth-order valence-electron chi connectivity index (χ4n) is 4.53. The number of nitrogens with zero attached hydrogens (tertiary/aromatic N) is 2. The number of esters is 1. The Bertz CT molecular complexity index is 1050. The van der Waals surface area contributed by atoms with E-state index in [2.05, 4.69) is 41.9 Å². The fourth-order valence-corrected chi connectivity index (χ4v) is 4.53. The van der Waals surface area contributed by atoms with Crippen molar-refractivity contribution in [3.63, 3.8) is 0 Å². The van der Waals surface area contributed by atoms with Gasteiger partial charge in [-0.3, -0.25) is 9.20 Å². The molecule has 1 saturated carbocycles. The van der Waals surface area contributed by atoms with Crippen LogP contribution in [0.3, 0.4) is 0 Å². The van der Waals surface area contributed by atoms with Crippen molar-refractivity contribution in [3.8, 4) is 17.0 Å². The predicted octanol–water partition coefficient (Wildman–Crippen LogP) is 6.93. The molecule has 2 heterocycles. The van der Waals surface area contributed by atoms with Gasteiger partial charge < -0.3 is 10.1 Å². The van der Waals surface area contributed by atoms with E-state index in [4.69, 9.17) is 9.72 Å². The summed E-state index contributed by atoms with van der Waals surface area (Å²) in [4.78, 5) is 17.5. The number of fused-ring (bicyclic) bond motifs is 1. The first-order chi connectivity index (χ1) is 15.7. The van der Waals surface area contributed by atoms with Crippen LogP contribution in [0.5, 0.6) is 5.75 Å². The lowest BCUT2D eigenvalue weighted by molar-refractivity contribution is -0.134. The fraction of sp³-hybridized carbons (Fsp3) is 0.481. The van der Waals surface area contributed by atoms with Gasteiger partial charge in [0.1, 0.15) is 22.9 Å². The molecule has 0 amide bonds. The smallest absolute Gasteiger partial charge is 0.311 e. The third kappa shape index (κ3) is 5.32. The molecule has 4 rings (SSSR count). The maximum absolute atomic E-state index is 12.5. The molecule has 0 atom stereocenters. The molecule has 170 valence electrons. The van der Waals surface area contributed by atoms with Crippen molar-refractivity contribution in [2.24, 2.45) is 0 Å².